The Bertz CT molecular complexity index is 1460. The fourth-order valence-electron chi connectivity index (χ4n) is 5.61. The lowest BCUT2D eigenvalue weighted by Gasteiger charge is -2.39. The number of benzene rings is 2. The van der Waals surface area contributed by atoms with E-state index >= 15 is 0 Å². The summed E-state index contributed by atoms with van der Waals surface area (Å²) in [5, 5.41) is 3.17. The Morgan fingerprint density at radius 2 is 1.95 bits per heavy atom. The highest BCUT2D eigenvalue weighted by molar-refractivity contribution is 7.16. The molecule has 2 aliphatic rings. The lowest BCUT2D eigenvalue weighted by molar-refractivity contribution is -0.118. The van der Waals surface area contributed by atoms with Crippen LogP contribution in [0.1, 0.15) is 36.1 Å². The van der Waals surface area contributed by atoms with Crippen LogP contribution in [-0.2, 0) is 16.6 Å². The van der Waals surface area contributed by atoms with Gasteiger partial charge in [-0.3, -0.25) is 9.69 Å². The maximum Gasteiger partial charge on any atom is 0.227 e. The number of piperidine rings is 1. The topological polar surface area (TPSA) is 49.3 Å². The first-order valence-corrected chi connectivity index (χ1v) is 15.0. The molecule has 0 radical (unpaired) electrons. The third-order valence-electron chi connectivity index (χ3n) is 7.57. The van der Waals surface area contributed by atoms with Gasteiger partial charge in [0.2, 0.25) is 5.91 Å². The summed E-state index contributed by atoms with van der Waals surface area (Å²) in [4.78, 5) is 27.1. The van der Waals surface area contributed by atoms with Crippen molar-refractivity contribution in [3.8, 4) is 0 Å². The van der Waals surface area contributed by atoms with Gasteiger partial charge in [0.15, 0.2) is 0 Å². The van der Waals surface area contributed by atoms with Crippen LogP contribution in [0.4, 0.5) is 5.69 Å². The Morgan fingerprint density at radius 3 is 2.73 bits per heavy atom. The molecule has 9 heteroatoms. The van der Waals surface area contributed by atoms with Crippen molar-refractivity contribution in [2.75, 3.05) is 31.1 Å². The number of carbonyl (C=O) groups excluding carboxylic acids is 1. The summed E-state index contributed by atoms with van der Waals surface area (Å²) in [6.07, 6.45) is 7.45. The van der Waals surface area contributed by atoms with Gasteiger partial charge in [-0.15, -0.1) is 22.7 Å². The van der Waals surface area contributed by atoms with Crippen molar-refractivity contribution in [1.29, 1.82) is 0 Å². The van der Waals surface area contributed by atoms with Crippen LogP contribution in [-0.4, -0.2) is 47.0 Å². The number of hydrogen-bond donors (Lipinski definition) is 0. The molecule has 6 rings (SSSR count). The minimum atomic E-state index is -0.0525. The van der Waals surface area contributed by atoms with Crippen LogP contribution in [0.5, 0.6) is 0 Å². The number of anilines is 1. The Labute approximate surface area is 234 Å². The van der Waals surface area contributed by atoms with E-state index in [-0.39, 0.29) is 11.3 Å². The predicted octanol–water partition coefficient (Wildman–Crippen LogP) is 7.09. The zero-order chi connectivity index (χ0) is 25.4. The van der Waals surface area contributed by atoms with Crippen molar-refractivity contribution in [3.63, 3.8) is 0 Å². The molecule has 2 aromatic heterocycles. The largest absolute Gasteiger partial charge is 0.311 e. The summed E-state index contributed by atoms with van der Waals surface area (Å²) in [7, 11) is 0. The molecule has 37 heavy (non-hydrogen) atoms. The SMILES string of the molecule is O=C(CCc1cscn1)N1CC2(CCN(C/C=C/c3ccc(Cl)c(Cl)c3)CC2)c2c1ccc1scnc21. The number of hydrogen-bond acceptors (Lipinski definition) is 6. The molecular formula is C28H26Cl2N4OS2. The lowest BCUT2D eigenvalue weighted by atomic mass is 9.74. The second kappa shape index (κ2) is 10.5. The Morgan fingerprint density at radius 1 is 1.08 bits per heavy atom. The van der Waals surface area contributed by atoms with Crippen molar-refractivity contribution in [3.05, 3.63) is 79.7 Å². The van der Waals surface area contributed by atoms with E-state index in [0.717, 1.165) is 61.5 Å². The number of halogens is 2. The van der Waals surface area contributed by atoms with E-state index in [9.17, 15) is 4.79 Å². The Balaban J connectivity index is 1.18. The highest BCUT2D eigenvalue weighted by Gasteiger charge is 2.47. The highest BCUT2D eigenvalue weighted by Crippen LogP contribution is 2.50. The second-order valence-corrected chi connectivity index (χ2v) is 12.2. The molecule has 190 valence electrons. The van der Waals surface area contributed by atoms with Crippen LogP contribution >= 0.6 is 45.9 Å². The molecule has 0 bridgehead atoms. The number of aromatic nitrogens is 2. The maximum absolute atomic E-state index is 13.4. The molecule has 4 heterocycles. The van der Waals surface area contributed by atoms with Gasteiger partial charge in [-0.05, 0) is 62.2 Å². The summed E-state index contributed by atoms with van der Waals surface area (Å²) < 4.78 is 1.20. The van der Waals surface area contributed by atoms with Gasteiger partial charge in [-0.2, -0.15) is 0 Å². The van der Waals surface area contributed by atoms with E-state index in [1.807, 2.05) is 39.5 Å². The number of carbonyl (C=O) groups is 1. The monoisotopic (exact) mass is 568 g/mol. The first-order valence-electron chi connectivity index (χ1n) is 12.4. The minimum absolute atomic E-state index is 0.0525. The number of amides is 1. The van der Waals surface area contributed by atoms with Gasteiger partial charge in [-0.1, -0.05) is 41.4 Å². The quantitative estimate of drug-likeness (QED) is 0.249. The van der Waals surface area contributed by atoms with Crippen molar-refractivity contribution >= 4 is 73.8 Å². The highest BCUT2D eigenvalue weighted by atomic mass is 35.5. The first kappa shape index (κ1) is 25.0. The van der Waals surface area contributed by atoms with Gasteiger partial charge in [-0.25, -0.2) is 9.97 Å². The van der Waals surface area contributed by atoms with E-state index in [1.54, 1.807) is 22.7 Å². The molecule has 0 N–H and O–H groups in total. The Kier molecular flexibility index (Phi) is 7.07. The summed E-state index contributed by atoms with van der Waals surface area (Å²) in [5.74, 6) is 0.174. The molecule has 4 aromatic rings. The van der Waals surface area contributed by atoms with E-state index in [4.69, 9.17) is 28.2 Å². The molecule has 1 saturated heterocycles. The van der Waals surface area contributed by atoms with E-state index in [1.165, 1.54) is 10.3 Å². The summed E-state index contributed by atoms with van der Waals surface area (Å²) in [5.41, 5.74) is 9.14. The lowest BCUT2D eigenvalue weighted by Crippen LogP contribution is -2.46. The molecule has 0 atom stereocenters. The summed E-state index contributed by atoms with van der Waals surface area (Å²) in [6.45, 7) is 3.57. The maximum atomic E-state index is 13.4. The molecule has 0 aliphatic carbocycles. The zero-order valence-electron chi connectivity index (χ0n) is 20.2. The number of nitrogens with zero attached hydrogens (tertiary/aromatic N) is 4. The van der Waals surface area contributed by atoms with Gasteiger partial charge in [0, 0.05) is 41.6 Å². The van der Waals surface area contributed by atoms with E-state index in [2.05, 4.69) is 34.2 Å². The number of thiazole rings is 2. The van der Waals surface area contributed by atoms with Gasteiger partial charge >= 0.3 is 0 Å². The van der Waals surface area contributed by atoms with Crippen LogP contribution in [0.3, 0.4) is 0 Å². The fourth-order valence-corrected chi connectivity index (χ4v) is 7.20. The fraction of sp³-hybridized carbons (Fsp3) is 0.321. The molecule has 5 nitrogen and oxygen atoms in total. The first-order chi connectivity index (χ1) is 18.0. The van der Waals surface area contributed by atoms with Gasteiger partial charge in [0.25, 0.3) is 0 Å². The molecule has 2 aliphatic heterocycles. The summed E-state index contributed by atoms with van der Waals surface area (Å²) >= 11 is 15.4. The third-order valence-corrected chi connectivity index (χ3v) is 9.74. The Hall–Kier alpha value is -2.29. The van der Waals surface area contributed by atoms with Crippen LogP contribution in [0, 0.1) is 0 Å². The van der Waals surface area contributed by atoms with Gasteiger partial charge in [0.1, 0.15) is 0 Å². The van der Waals surface area contributed by atoms with Gasteiger partial charge < -0.3 is 4.90 Å². The molecule has 0 saturated carbocycles. The molecular weight excluding hydrogens is 543 g/mol. The van der Waals surface area contributed by atoms with Crippen molar-refractivity contribution in [2.45, 2.75) is 31.1 Å². The number of likely N-dealkylation sites (tertiary alicyclic amines) is 1. The van der Waals surface area contributed by atoms with Gasteiger partial charge in [0.05, 0.1) is 37.0 Å². The van der Waals surface area contributed by atoms with E-state index in [0.29, 0.717) is 22.9 Å². The predicted molar refractivity (Wildman–Crippen MR) is 155 cm³/mol. The average Bonchev–Trinajstić information content (AvgIpc) is 3.65. The average molecular weight is 570 g/mol. The molecule has 1 fully saturated rings. The molecule has 0 unspecified atom stereocenters. The third kappa shape index (κ3) is 4.95. The smallest absolute Gasteiger partial charge is 0.227 e. The molecule has 1 spiro atoms. The number of aryl methyl sites for hydroxylation is 1. The second-order valence-electron chi connectivity index (χ2n) is 9.78. The number of rotatable bonds is 6. The van der Waals surface area contributed by atoms with E-state index < -0.39 is 0 Å². The standard InChI is InChI=1S/C28H26Cl2N4OS2/c29-21-5-3-19(14-22(21)30)2-1-11-33-12-9-28(10-13-33)16-34(25(35)8-4-20-15-36-17-31-20)23-6-7-24-27(26(23)28)32-18-37-24/h1-3,5-7,14-15,17-18H,4,8-13,16H2/b2-1+. The van der Waals surface area contributed by atoms with Crippen LogP contribution in [0.2, 0.25) is 10.0 Å². The van der Waals surface area contributed by atoms with Crippen LogP contribution in [0.15, 0.2) is 52.8 Å². The van der Waals surface area contributed by atoms with Crippen LogP contribution in [0.25, 0.3) is 16.3 Å². The molecule has 2 aromatic carbocycles. The normalized spacial score (nSPS) is 17.3. The zero-order valence-corrected chi connectivity index (χ0v) is 23.3. The van der Waals surface area contributed by atoms with Crippen molar-refractivity contribution in [2.24, 2.45) is 0 Å². The van der Waals surface area contributed by atoms with Crippen LogP contribution < -0.4 is 4.90 Å². The minimum Gasteiger partial charge on any atom is -0.311 e. The number of fused-ring (bicyclic) bond motifs is 4. The summed E-state index contributed by atoms with van der Waals surface area (Å²) in [6, 6.07) is 9.95. The van der Waals surface area contributed by atoms with Crippen molar-refractivity contribution in [1.82, 2.24) is 14.9 Å². The molecule has 1 amide bonds. The van der Waals surface area contributed by atoms with Crippen molar-refractivity contribution < 1.29 is 4.79 Å².